The molecule has 0 spiro atoms. The van der Waals surface area contributed by atoms with Gasteiger partial charge in [0, 0.05) is 7.05 Å². The van der Waals surface area contributed by atoms with Gasteiger partial charge >= 0.3 is 0 Å². The Hall–Kier alpha value is -1.81. The molecular weight excluding hydrogens is 284 g/mol. The third-order valence-corrected chi connectivity index (χ3v) is 2.94. The van der Waals surface area contributed by atoms with Gasteiger partial charge in [0.2, 0.25) is 0 Å². The first-order valence-electron chi connectivity index (χ1n) is 4.99. The average Bonchev–Trinajstić information content (AvgIpc) is 2.79. The minimum atomic E-state index is 0.476. The second kappa shape index (κ2) is 4.59. The van der Waals surface area contributed by atoms with Crippen molar-refractivity contribution in [2.45, 2.75) is 13.5 Å². The zero-order valence-corrected chi connectivity index (χ0v) is 11.0. The van der Waals surface area contributed by atoms with E-state index >= 15 is 0 Å². The summed E-state index contributed by atoms with van der Waals surface area (Å²) in [6.07, 6.45) is 0. The maximum Gasteiger partial charge on any atom is 0.167 e. The number of nitriles is 1. The summed E-state index contributed by atoms with van der Waals surface area (Å²) >= 11 is 3.22. The number of aromatic amines is 1. The van der Waals surface area contributed by atoms with E-state index < -0.39 is 0 Å². The Bertz CT molecular complexity index is 576. The predicted molar refractivity (Wildman–Crippen MR) is 66.3 cm³/mol. The van der Waals surface area contributed by atoms with E-state index in [-0.39, 0.29) is 0 Å². The van der Waals surface area contributed by atoms with Crippen molar-refractivity contribution in [1.82, 2.24) is 20.0 Å². The molecule has 0 aliphatic rings. The summed E-state index contributed by atoms with van der Waals surface area (Å²) in [6.45, 7) is 2.51. The van der Waals surface area contributed by atoms with Gasteiger partial charge in [0.1, 0.15) is 16.2 Å². The Morgan fingerprint density at radius 2 is 2.41 bits per heavy atom. The number of hydrogen-bond acceptors (Lipinski definition) is 4. The van der Waals surface area contributed by atoms with Crippen LogP contribution in [0.2, 0.25) is 0 Å². The molecule has 0 unspecified atom stereocenters. The molecule has 0 saturated heterocycles. The highest BCUT2D eigenvalue weighted by atomic mass is 79.9. The van der Waals surface area contributed by atoms with E-state index in [9.17, 15) is 0 Å². The molecule has 0 aliphatic carbocycles. The molecule has 0 atom stereocenters. The molecule has 0 saturated carbocycles. The average molecular weight is 295 g/mol. The molecule has 2 heterocycles. The SMILES string of the molecule is Cc1cc(CNc2n[nH]c(Br)c2C#N)n(C)n1. The van der Waals surface area contributed by atoms with Crippen molar-refractivity contribution in [3.63, 3.8) is 0 Å². The summed E-state index contributed by atoms with van der Waals surface area (Å²) in [4.78, 5) is 0. The summed E-state index contributed by atoms with van der Waals surface area (Å²) in [6, 6.07) is 4.06. The van der Waals surface area contributed by atoms with Crippen molar-refractivity contribution in [2.24, 2.45) is 7.05 Å². The smallest absolute Gasteiger partial charge is 0.167 e. The molecule has 2 rings (SSSR count). The van der Waals surface area contributed by atoms with Gasteiger partial charge in [0.05, 0.1) is 17.9 Å². The zero-order chi connectivity index (χ0) is 12.4. The Balaban J connectivity index is 2.13. The normalized spacial score (nSPS) is 10.2. The number of nitrogens with one attached hydrogen (secondary N) is 2. The van der Waals surface area contributed by atoms with Crippen LogP contribution in [0.1, 0.15) is 17.0 Å². The van der Waals surface area contributed by atoms with Gasteiger partial charge in [-0.2, -0.15) is 15.5 Å². The lowest BCUT2D eigenvalue weighted by atomic mass is 10.3. The first-order chi connectivity index (χ1) is 8.11. The minimum absolute atomic E-state index is 0.476. The number of H-pyrrole nitrogens is 1. The molecule has 0 aromatic carbocycles. The van der Waals surface area contributed by atoms with Gasteiger partial charge in [-0.15, -0.1) is 0 Å². The molecule has 0 aliphatic heterocycles. The topological polar surface area (TPSA) is 82.3 Å². The van der Waals surface area contributed by atoms with Gasteiger partial charge in [0.25, 0.3) is 0 Å². The fourth-order valence-electron chi connectivity index (χ4n) is 1.55. The van der Waals surface area contributed by atoms with Crippen LogP contribution in [0.4, 0.5) is 5.82 Å². The lowest BCUT2D eigenvalue weighted by molar-refractivity contribution is 0.712. The molecule has 2 aromatic rings. The highest BCUT2D eigenvalue weighted by molar-refractivity contribution is 9.10. The molecule has 2 N–H and O–H groups in total. The first kappa shape index (κ1) is 11.7. The number of hydrogen-bond donors (Lipinski definition) is 2. The Kier molecular flexibility index (Phi) is 3.15. The van der Waals surface area contributed by atoms with Crippen molar-refractivity contribution in [3.8, 4) is 6.07 Å². The quantitative estimate of drug-likeness (QED) is 0.903. The Morgan fingerprint density at radius 1 is 1.65 bits per heavy atom. The number of nitrogens with zero attached hydrogens (tertiary/aromatic N) is 4. The van der Waals surface area contributed by atoms with Crippen LogP contribution in [0.25, 0.3) is 0 Å². The van der Waals surface area contributed by atoms with Crippen LogP contribution in [0, 0.1) is 18.3 Å². The number of aryl methyl sites for hydroxylation is 2. The summed E-state index contributed by atoms with van der Waals surface area (Å²) in [7, 11) is 1.88. The van der Waals surface area contributed by atoms with E-state index in [1.54, 1.807) is 4.68 Å². The fourth-order valence-corrected chi connectivity index (χ4v) is 1.92. The summed E-state index contributed by atoms with van der Waals surface area (Å²) in [5, 5.41) is 23.0. The maximum atomic E-state index is 8.95. The van der Waals surface area contributed by atoms with Crippen LogP contribution in [0.15, 0.2) is 10.7 Å². The van der Waals surface area contributed by atoms with Crippen molar-refractivity contribution < 1.29 is 0 Å². The van der Waals surface area contributed by atoms with Crippen LogP contribution in [-0.4, -0.2) is 20.0 Å². The molecule has 0 fully saturated rings. The van der Waals surface area contributed by atoms with Gasteiger partial charge in [-0.3, -0.25) is 9.78 Å². The second-order valence-corrected chi connectivity index (χ2v) is 4.42. The highest BCUT2D eigenvalue weighted by Crippen LogP contribution is 2.20. The van der Waals surface area contributed by atoms with Gasteiger partial charge < -0.3 is 5.32 Å². The molecule has 0 amide bonds. The van der Waals surface area contributed by atoms with Crippen molar-refractivity contribution in [2.75, 3.05) is 5.32 Å². The minimum Gasteiger partial charge on any atom is -0.362 e. The third kappa shape index (κ3) is 2.31. The van der Waals surface area contributed by atoms with Crippen LogP contribution >= 0.6 is 15.9 Å². The molecule has 7 heteroatoms. The van der Waals surface area contributed by atoms with Crippen LogP contribution < -0.4 is 5.32 Å². The van der Waals surface area contributed by atoms with Crippen molar-refractivity contribution in [3.05, 3.63) is 27.6 Å². The maximum absolute atomic E-state index is 8.95. The molecule has 6 nitrogen and oxygen atoms in total. The number of halogens is 1. The largest absolute Gasteiger partial charge is 0.362 e. The first-order valence-corrected chi connectivity index (χ1v) is 5.78. The molecule has 0 bridgehead atoms. The third-order valence-electron chi connectivity index (χ3n) is 2.37. The fraction of sp³-hybridized carbons (Fsp3) is 0.300. The zero-order valence-electron chi connectivity index (χ0n) is 9.45. The van der Waals surface area contributed by atoms with Gasteiger partial charge in [-0.05, 0) is 28.9 Å². The van der Waals surface area contributed by atoms with E-state index in [1.165, 1.54) is 0 Å². The van der Waals surface area contributed by atoms with Gasteiger partial charge in [0.15, 0.2) is 5.82 Å². The van der Waals surface area contributed by atoms with E-state index in [0.29, 0.717) is 22.5 Å². The van der Waals surface area contributed by atoms with E-state index in [1.807, 2.05) is 20.0 Å². The van der Waals surface area contributed by atoms with Crippen molar-refractivity contribution >= 4 is 21.7 Å². The van der Waals surface area contributed by atoms with Crippen molar-refractivity contribution in [1.29, 1.82) is 5.26 Å². The molecule has 2 aromatic heterocycles. The van der Waals surface area contributed by atoms with E-state index in [2.05, 4.69) is 42.6 Å². The second-order valence-electron chi connectivity index (χ2n) is 3.63. The molecule has 88 valence electrons. The van der Waals surface area contributed by atoms with Gasteiger partial charge in [-0.1, -0.05) is 0 Å². The standard InChI is InChI=1S/C10H11BrN6/c1-6-3-7(17(2)16-6)5-13-10-8(4-12)9(11)14-15-10/h3H,5H2,1-2H3,(H2,13,14,15). The van der Waals surface area contributed by atoms with Crippen LogP contribution in [0.5, 0.6) is 0 Å². The monoisotopic (exact) mass is 294 g/mol. The molecule has 0 radical (unpaired) electrons. The molecular formula is C10H11BrN6. The number of rotatable bonds is 3. The number of aromatic nitrogens is 4. The highest BCUT2D eigenvalue weighted by Gasteiger charge is 2.11. The Labute approximate surface area is 107 Å². The van der Waals surface area contributed by atoms with Crippen LogP contribution in [-0.2, 0) is 13.6 Å². The van der Waals surface area contributed by atoms with Gasteiger partial charge in [-0.25, -0.2) is 0 Å². The Morgan fingerprint density at radius 3 is 3.00 bits per heavy atom. The summed E-state index contributed by atoms with van der Waals surface area (Å²) in [5.74, 6) is 0.540. The number of anilines is 1. The summed E-state index contributed by atoms with van der Waals surface area (Å²) in [5.41, 5.74) is 2.47. The summed E-state index contributed by atoms with van der Waals surface area (Å²) < 4.78 is 2.39. The lowest BCUT2D eigenvalue weighted by Gasteiger charge is -2.03. The lowest BCUT2D eigenvalue weighted by Crippen LogP contribution is -2.06. The van der Waals surface area contributed by atoms with E-state index in [4.69, 9.17) is 5.26 Å². The van der Waals surface area contributed by atoms with Crippen LogP contribution in [0.3, 0.4) is 0 Å². The van der Waals surface area contributed by atoms with E-state index in [0.717, 1.165) is 11.4 Å². The molecule has 17 heavy (non-hydrogen) atoms. The predicted octanol–water partition coefficient (Wildman–Crippen LogP) is 1.70.